The summed E-state index contributed by atoms with van der Waals surface area (Å²) in [5.74, 6) is -0.529. The summed E-state index contributed by atoms with van der Waals surface area (Å²) in [7, 11) is 0. The third-order valence-corrected chi connectivity index (χ3v) is 1.05. The lowest BCUT2D eigenvalue weighted by atomic mass is 10.2. The molecule has 2 nitrogen and oxygen atoms in total. The van der Waals surface area contributed by atoms with E-state index in [1.807, 2.05) is 6.92 Å². The zero-order valence-corrected chi connectivity index (χ0v) is 6.07. The number of hydrogen-bond donors (Lipinski definition) is 0. The highest BCUT2D eigenvalue weighted by Crippen LogP contribution is 2.04. The Morgan fingerprint density at radius 1 is 1.78 bits per heavy atom. The van der Waals surface area contributed by atoms with Crippen molar-refractivity contribution >= 4 is 17.8 Å². The van der Waals surface area contributed by atoms with E-state index in [4.69, 9.17) is 11.9 Å². The third-order valence-electron chi connectivity index (χ3n) is 0.911. The van der Waals surface area contributed by atoms with Crippen molar-refractivity contribution in [3.05, 3.63) is 12.2 Å². The topological polar surface area (TPSA) is 26.3 Å². The van der Waals surface area contributed by atoms with Crippen molar-refractivity contribution in [1.82, 2.24) is 0 Å². The van der Waals surface area contributed by atoms with Crippen molar-refractivity contribution in [3.8, 4) is 0 Å². The van der Waals surface area contributed by atoms with Crippen LogP contribution < -0.4 is 0 Å². The molecule has 0 aromatic carbocycles. The fourth-order valence-corrected chi connectivity index (χ4v) is 0.568. The van der Waals surface area contributed by atoms with Crippen LogP contribution in [0.5, 0.6) is 0 Å². The first-order valence-corrected chi connectivity index (χ1v) is 3.04. The first-order valence-electron chi connectivity index (χ1n) is 2.73. The third kappa shape index (κ3) is 3.14. The van der Waals surface area contributed by atoms with Gasteiger partial charge in [-0.15, -0.1) is 0 Å². The summed E-state index contributed by atoms with van der Waals surface area (Å²) in [5.41, 5.74) is 0.424. The van der Waals surface area contributed by atoms with Gasteiger partial charge in [0.1, 0.15) is 11.9 Å². The molecule has 0 amide bonds. The standard InChI is InChI=1S/C6H9ClO2/c1-3-4-5(2)6(8)9-7/h2-4H2,1H3. The monoisotopic (exact) mass is 148 g/mol. The van der Waals surface area contributed by atoms with Crippen LogP contribution >= 0.6 is 11.9 Å². The lowest BCUT2D eigenvalue weighted by Crippen LogP contribution is -1.99. The van der Waals surface area contributed by atoms with Crippen LogP contribution in [0.25, 0.3) is 0 Å². The van der Waals surface area contributed by atoms with Crippen LogP contribution in [0.15, 0.2) is 12.2 Å². The molecule has 0 aliphatic carbocycles. The van der Waals surface area contributed by atoms with Crippen LogP contribution in [-0.2, 0) is 9.08 Å². The molecule has 52 valence electrons. The highest BCUT2D eigenvalue weighted by molar-refractivity contribution is 6.15. The van der Waals surface area contributed by atoms with Gasteiger partial charge in [0.2, 0.25) is 0 Å². The van der Waals surface area contributed by atoms with Crippen LogP contribution in [0.2, 0.25) is 0 Å². The van der Waals surface area contributed by atoms with Crippen LogP contribution in [0.1, 0.15) is 19.8 Å². The summed E-state index contributed by atoms with van der Waals surface area (Å²) < 4.78 is 3.90. The van der Waals surface area contributed by atoms with E-state index in [0.29, 0.717) is 12.0 Å². The van der Waals surface area contributed by atoms with Gasteiger partial charge >= 0.3 is 5.97 Å². The van der Waals surface area contributed by atoms with Gasteiger partial charge in [0.15, 0.2) is 0 Å². The van der Waals surface area contributed by atoms with Crippen molar-refractivity contribution in [2.24, 2.45) is 0 Å². The highest BCUT2D eigenvalue weighted by Gasteiger charge is 2.04. The Morgan fingerprint density at radius 3 is 2.67 bits per heavy atom. The van der Waals surface area contributed by atoms with E-state index in [2.05, 4.69) is 10.9 Å². The minimum atomic E-state index is -0.529. The van der Waals surface area contributed by atoms with Gasteiger partial charge in [-0.25, -0.2) is 4.79 Å². The molecule has 3 heteroatoms. The molecule has 0 saturated heterocycles. The summed E-state index contributed by atoms with van der Waals surface area (Å²) in [6, 6.07) is 0. The molecule has 0 radical (unpaired) electrons. The Balaban J connectivity index is 3.60. The molecule has 0 rings (SSSR count). The average Bonchev–Trinajstić information content (AvgIpc) is 1.87. The van der Waals surface area contributed by atoms with Crippen LogP contribution in [-0.4, -0.2) is 5.97 Å². The molecule has 0 atom stereocenters. The van der Waals surface area contributed by atoms with Crippen molar-refractivity contribution in [1.29, 1.82) is 0 Å². The maximum Gasteiger partial charge on any atom is 0.351 e. The van der Waals surface area contributed by atoms with Crippen molar-refractivity contribution in [2.75, 3.05) is 0 Å². The maximum absolute atomic E-state index is 10.4. The zero-order chi connectivity index (χ0) is 7.28. The Morgan fingerprint density at radius 2 is 2.33 bits per heavy atom. The zero-order valence-electron chi connectivity index (χ0n) is 5.32. The van der Waals surface area contributed by atoms with Gasteiger partial charge in [-0.1, -0.05) is 19.9 Å². The average molecular weight is 149 g/mol. The molecule has 0 spiro atoms. The van der Waals surface area contributed by atoms with Crippen LogP contribution in [0, 0.1) is 0 Å². The van der Waals surface area contributed by atoms with E-state index in [0.717, 1.165) is 6.42 Å². The van der Waals surface area contributed by atoms with E-state index >= 15 is 0 Å². The second-order valence-corrected chi connectivity index (χ2v) is 1.87. The molecule has 0 saturated carbocycles. The van der Waals surface area contributed by atoms with E-state index < -0.39 is 5.97 Å². The van der Waals surface area contributed by atoms with Gasteiger partial charge in [-0.05, 0) is 6.42 Å². The molecule has 0 aliphatic heterocycles. The quantitative estimate of drug-likeness (QED) is 0.573. The Kier molecular flexibility index (Phi) is 4.14. The van der Waals surface area contributed by atoms with Gasteiger partial charge in [0.05, 0.1) is 0 Å². The number of rotatable bonds is 3. The number of carbonyl (C=O) groups is 1. The maximum atomic E-state index is 10.4. The van der Waals surface area contributed by atoms with Gasteiger partial charge in [0, 0.05) is 5.57 Å². The molecule has 0 heterocycles. The molecular weight excluding hydrogens is 140 g/mol. The van der Waals surface area contributed by atoms with Gasteiger partial charge < -0.3 is 4.29 Å². The summed E-state index contributed by atoms with van der Waals surface area (Å²) in [4.78, 5) is 10.4. The van der Waals surface area contributed by atoms with E-state index in [1.54, 1.807) is 0 Å². The Hall–Kier alpha value is -0.500. The number of halogens is 1. The Bertz CT molecular complexity index is 120. The summed E-state index contributed by atoms with van der Waals surface area (Å²) >= 11 is 4.77. The molecule has 0 aromatic rings. The molecule has 0 N–H and O–H groups in total. The SMILES string of the molecule is C=C(CCC)C(=O)OCl. The first kappa shape index (κ1) is 8.50. The van der Waals surface area contributed by atoms with Gasteiger partial charge in [0.25, 0.3) is 0 Å². The molecule has 0 bridgehead atoms. The van der Waals surface area contributed by atoms with E-state index in [-0.39, 0.29) is 0 Å². The molecule has 0 fully saturated rings. The molecular formula is C6H9ClO2. The minimum Gasteiger partial charge on any atom is -0.343 e. The van der Waals surface area contributed by atoms with Crippen molar-refractivity contribution < 1.29 is 9.08 Å². The molecule has 9 heavy (non-hydrogen) atoms. The lowest BCUT2D eigenvalue weighted by molar-refractivity contribution is -0.129. The summed E-state index contributed by atoms with van der Waals surface area (Å²) in [6.45, 7) is 5.41. The van der Waals surface area contributed by atoms with E-state index in [9.17, 15) is 4.79 Å². The summed E-state index contributed by atoms with van der Waals surface area (Å²) in [5, 5.41) is 0. The lowest BCUT2D eigenvalue weighted by Gasteiger charge is -1.95. The smallest absolute Gasteiger partial charge is 0.343 e. The fourth-order valence-electron chi connectivity index (χ4n) is 0.458. The van der Waals surface area contributed by atoms with Crippen LogP contribution in [0.4, 0.5) is 0 Å². The fraction of sp³-hybridized carbons (Fsp3) is 0.500. The second-order valence-electron chi connectivity index (χ2n) is 1.72. The van der Waals surface area contributed by atoms with Gasteiger partial charge in [-0.3, -0.25) is 0 Å². The predicted molar refractivity (Wildman–Crippen MR) is 36.0 cm³/mol. The van der Waals surface area contributed by atoms with Crippen LogP contribution in [0.3, 0.4) is 0 Å². The number of carbonyl (C=O) groups excluding carboxylic acids is 1. The molecule has 0 aliphatic rings. The molecule has 0 aromatic heterocycles. The highest BCUT2D eigenvalue weighted by atomic mass is 35.5. The van der Waals surface area contributed by atoms with Crippen molar-refractivity contribution in [3.63, 3.8) is 0 Å². The minimum absolute atomic E-state index is 0.424. The molecule has 0 unspecified atom stereocenters. The first-order chi connectivity index (χ1) is 4.22. The Labute approximate surface area is 59.6 Å². The van der Waals surface area contributed by atoms with Crippen molar-refractivity contribution in [2.45, 2.75) is 19.8 Å². The van der Waals surface area contributed by atoms with Gasteiger partial charge in [-0.2, -0.15) is 0 Å². The predicted octanol–water partition coefficient (Wildman–Crippen LogP) is 2.04. The largest absolute Gasteiger partial charge is 0.351 e. The second kappa shape index (κ2) is 4.39. The number of hydrogen-bond acceptors (Lipinski definition) is 2. The van der Waals surface area contributed by atoms with E-state index in [1.165, 1.54) is 0 Å². The normalized spacial score (nSPS) is 8.67. The summed E-state index contributed by atoms with van der Waals surface area (Å²) in [6.07, 6.45) is 1.52.